The minimum atomic E-state index is -0.498. The molecule has 3 heteroatoms. The fourth-order valence-electron chi connectivity index (χ4n) is 3.98. The van der Waals surface area contributed by atoms with Crippen molar-refractivity contribution in [3.8, 4) is 5.75 Å². The average Bonchev–Trinajstić information content (AvgIpc) is 2.63. The molecule has 26 heavy (non-hydrogen) atoms. The molecule has 0 N–H and O–H groups in total. The lowest BCUT2D eigenvalue weighted by molar-refractivity contribution is -0.142. The Hall–Kier alpha value is -2.94. The Morgan fingerprint density at radius 3 is 2.46 bits per heavy atom. The van der Waals surface area contributed by atoms with Crippen LogP contribution < -0.4 is 4.74 Å². The van der Waals surface area contributed by atoms with Gasteiger partial charge in [0.05, 0.1) is 5.92 Å². The summed E-state index contributed by atoms with van der Waals surface area (Å²) in [5, 5.41) is 1.96. The molecule has 0 radical (unpaired) electrons. The minimum Gasteiger partial charge on any atom is -0.425 e. The molecule has 1 aliphatic rings. The number of carbonyl (C=O) groups is 2. The molecule has 0 unspecified atom stereocenters. The Kier molecular flexibility index (Phi) is 4.08. The number of carbonyl (C=O) groups excluding carboxylic acids is 2. The lowest BCUT2D eigenvalue weighted by Gasteiger charge is -2.33. The molecule has 3 aromatic rings. The van der Waals surface area contributed by atoms with Crippen LogP contribution in [0.15, 0.2) is 60.7 Å². The van der Waals surface area contributed by atoms with Gasteiger partial charge in [-0.2, -0.15) is 0 Å². The second-order valence-corrected chi connectivity index (χ2v) is 6.97. The van der Waals surface area contributed by atoms with E-state index in [9.17, 15) is 9.59 Å². The molecule has 0 aromatic heterocycles. The largest absolute Gasteiger partial charge is 0.425 e. The summed E-state index contributed by atoms with van der Waals surface area (Å²) in [5.41, 5.74) is 3.16. The van der Waals surface area contributed by atoms with Crippen LogP contribution in [0.3, 0.4) is 0 Å². The van der Waals surface area contributed by atoms with E-state index in [4.69, 9.17) is 4.74 Å². The highest BCUT2D eigenvalue weighted by atomic mass is 16.5. The van der Waals surface area contributed by atoms with E-state index in [1.165, 1.54) is 6.92 Å². The summed E-state index contributed by atoms with van der Waals surface area (Å²) >= 11 is 0. The van der Waals surface area contributed by atoms with Crippen molar-refractivity contribution < 1.29 is 14.3 Å². The Morgan fingerprint density at radius 2 is 1.69 bits per heavy atom. The normalized spacial score (nSPS) is 19.1. The van der Waals surface area contributed by atoms with Gasteiger partial charge in [-0.3, -0.25) is 4.79 Å². The molecule has 2 atom stereocenters. The van der Waals surface area contributed by atoms with E-state index in [1.54, 1.807) is 0 Å². The van der Waals surface area contributed by atoms with Gasteiger partial charge in [-0.1, -0.05) is 60.7 Å². The smallest absolute Gasteiger partial charge is 0.315 e. The summed E-state index contributed by atoms with van der Waals surface area (Å²) in [6.45, 7) is 3.57. The number of ketones is 1. The Labute approximate surface area is 152 Å². The van der Waals surface area contributed by atoms with E-state index in [-0.39, 0.29) is 24.1 Å². The number of fused-ring (bicyclic) bond motifs is 3. The number of hydrogen-bond acceptors (Lipinski definition) is 3. The van der Waals surface area contributed by atoms with Crippen LogP contribution >= 0.6 is 0 Å². The van der Waals surface area contributed by atoms with Crippen molar-refractivity contribution in [3.05, 3.63) is 77.4 Å². The van der Waals surface area contributed by atoms with Crippen LogP contribution in [0, 0.1) is 12.8 Å². The summed E-state index contributed by atoms with van der Waals surface area (Å²) in [6.07, 6.45) is 0.185. The summed E-state index contributed by atoms with van der Waals surface area (Å²) in [7, 11) is 0. The van der Waals surface area contributed by atoms with Crippen molar-refractivity contribution in [2.45, 2.75) is 26.2 Å². The van der Waals surface area contributed by atoms with E-state index in [2.05, 4.69) is 6.07 Å². The molecule has 4 rings (SSSR count). The number of aryl methyl sites for hydroxylation is 1. The monoisotopic (exact) mass is 344 g/mol. The van der Waals surface area contributed by atoms with Crippen molar-refractivity contribution in [2.24, 2.45) is 5.92 Å². The number of benzene rings is 3. The van der Waals surface area contributed by atoms with Gasteiger partial charge < -0.3 is 9.53 Å². The third-order valence-corrected chi connectivity index (χ3v) is 5.18. The molecule has 3 aromatic carbocycles. The first kappa shape index (κ1) is 16.5. The van der Waals surface area contributed by atoms with Gasteiger partial charge in [-0.05, 0) is 30.4 Å². The molecule has 1 heterocycles. The van der Waals surface area contributed by atoms with Crippen LogP contribution in [0.25, 0.3) is 10.8 Å². The predicted molar refractivity (Wildman–Crippen MR) is 101 cm³/mol. The van der Waals surface area contributed by atoms with Crippen LogP contribution in [0.4, 0.5) is 0 Å². The van der Waals surface area contributed by atoms with Gasteiger partial charge in [0.25, 0.3) is 0 Å². The second-order valence-electron chi connectivity index (χ2n) is 6.97. The molecule has 0 amide bonds. The van der Waals surface area contributed by atoms with E-state index in [0.717, 1.165) is 27.5 Å². The minimum absolute atomic E-state index is 0.00484. The Bertz CT molecular complexity index is 1020. The molecule has 0 saturated heterocycles. The second kappa shape index (κ2) is 6.41. The van der Waals surface area contributed by atoms with Gasteiger partial charge in [-0.15, -0.1) is 0 Å². The zero-order chi connectivity index (χ0) is 18.3. The van der Waals surface area contributed by atoms with E-state index >= 15 is 0 Å². The van der Waals surface area contributed by atoms with Gasteiger partial charge in [0.1, 0.15) is 11.5 Å². The van der Waals surface area contributed by atoms with Gasteiger partial charge in [0.2, 0.25) is 0 Å². The predicted octanol–water partition coefficient (Wildman–Crippen LogP) is 4.79. The van der Waals surface area contributed by atoms with Gasteiger partial charge in [0, 0.05) is 23.3 Å². The first-order valence-electron chi connectivity index (χ1n) is 8.84. The highest BCUT2D eigenvalue weighted by molar-refractivity contribution is 5.95. The third kappa shape index (κ3) is 2.70. The highest BCUT2D eigenvalue weighted by Crippen LogP contribution is 2.47. The first-order valence-corrected chi connectivity index (χ1v) is 8.84. The lowest BCUT2D eigenvalue weighted by Crippen LogP contribution is -2.34. The lowest BCUT2D eigenvalue weighted by atomic mass is 9.75. The standard InChI is InChI=1S/C23H20O3/c1-14-7-3-5-9-17(14)21-19-12-11-16-8-4-6-10-18(16)22(19)26-23(25)20(21)13-15(2)24/h3-12,20-21H,13H2,1-2H3/t20-,21-/m0/s1. The molecule has 130 valence electrons. The molecule has 1 aliphatic heterocycles. The molecule has 0 fully saturated rings. The van der Waals surface area contributed by atoms with Crippen molar-refractivity contribution >= 4 is 22.5 Å². The Balaban J connectivity index is 1.98. The molecule has 0 aliphatic carbocycles. The first-order chi connectivity index (χ1) is 12.6. The Morgan fingerprint density at radius 1 is 0.962 bits per heavy atom. The van der Waals surface area contributed by atoms with Crippen LogP contribution in [-0.2, 0) is 9.59 Å². The number of Topliss-reactive ketones (excluding diaryl/α,β-unsaturated/α-hetero) is 1. The number of ether oxygens (including phenoxy) is 1. The van der Waals surface area contributed by atoms with Crippen molar-refractivity contribution in [1.82, 2.24) is 0 Å². The fourth-order valence-corrected chi connectivity index (χ4v) is 3.98. The maximum Gasteiger partial charge on any atom is 0.315 e. The van der Waals surface area contributed by atoms with Crippen molar-refractivity contribution in [2.75, 3.05) is 0 Å². The van der Waals surface area contributed by atoms with Gasteiger partial charge in [0.15, 0.2) is 0 Å². The molecule has 0 bridgehead atoms. The van der Waals surface area contributed by atoms with Crippen LogP contribution in [0.2, 0.25) is 0 Å². The van der Waals surface area contributed by atoms with Gasteiger partial charge in [-0.25, -0.2) is 0 Å². The van der Waals surface area contributed by atoms with E-state index < -0.39 is 5.92 Å². The SMILES string of the molecule is CC(=O)C[C@@H]1C(=O)Oc2c(ccc3ccccc23)[C@@H]1c1ccccc1C. The summed E-state index contributed by atoms with van der Waals surface area (Å²) in [5.74, 6) is -0.378. The maximum absolute atomic E-state index is 12.9. The topological polar surface area (TPSA) is 43.4 Å². The maximum atomic E-state index is 12.9. The molecule has 3 nitrogen and oxygen atoms in total. The van der Waals surface area contributed by atoms with Crippen molar-refractivity contribution in [3.63, 3.8) is 0 Å². The van der Waals surface area contributed by atoms with Crippen LogP contribution in [0.1, 0.15) is 36.0 Å². The summed E-state index contributed by atoms with van der Waals surface area (Å²) in [6, 6.07) is 20.0. The number of hydrogen-bond donors (Lipinski definition) is 0. The van der Waals surface area contributed by atoms with Crippen LogP contribution in [0.5, 0.6) is 5.75 Å². The van der Waals surface area contributed by atoms with E-state index in [1.807, 2.05) is 61.5 Å². The number of rotatable bonds is 3. The third-order valence-electron chi connectivity index (χ3n) is 5.18. The van der Waals surface area contributed by atoms with Crippen LogP contribution in [-0.4, -0.2) is 11.8 Å². The molecule has 0 spiro atoms. The number of esters is 1. The van der Waals surface area contributed by atoms with Crippen molar-refractivity contribution in [1.29, 1.82) is 0 Å². The zero-order valence-electron chi connectivity index (χ0n) is 14.9. The average molecular weight is 344 g/mol. The highest BCUT2D eigenvalue weighted by Gasteiger charge is 2.40. The van der Waals surface area contributed by atoms with E-state index in [0.29, 0.717) is 5.75 Å². The molecular formula is C23H20O3. The molecule has 0 saturated carbocycles. The van der Waals surface area contributed by atoms with Gasteiger partial charge >= 0.3 is 5.97 Å². The molecular weight excluding hydrogens is 324 g/mol. The zero-order valence-corrected chi connectivity index (χ0v) is 14.9. The quantitative estimate of drug-likeness (QED) is 0.506. The summed E-state index contributed by atoms with van der Waals surface area (Å²) < 4.78 is 5.76. The summed E-state index contributed by atoms with van der Waals surface area (Å²) in [4.78, 5) is 24.7. The fraction of sp³-hybridized carbons (Fsp3) is 0.217.